The van der Waals surface area contributed by atoms with Gasteiger partial charge in [-0.15, -0.1) is 0 Å². The lowest BCUT2D eigenvalue weighted by Gasteiger charge is -2.07. The molecule has 0 heterocycles. The number of hydrogen-bond acceptors (Lipinski definition) is 3. The molecule has 0 radical (unpaired) electrons. The minimum absolute atomic E-state index is 0.0311. The van der Waals surface area contributed by atoms with Gasteiger partial charge in [0.25, 0.3) is 0 Å². The predicted octanol–water partition coefficient (Wildman–Crippen LogP) is 0.994. The Morgan fingerprint density at radius 3 is 2.61 bits per heavy atom. The minimum atomic E-state index is -3.43. The Morgan fingerprint density at radius 2 is 2.00 bits per heavy atom. The first-order valence-electron chi connectivity index (χ1n) is 5.50. The summed E-state index contributed by atoms with van der Waals surface area (Å²) in [5.74, 6) is -1.47. The first-order chi connectivity index (χ1) is 8.44. The second-order valence-electron chi connectivity index (χ2n) is 3.83. The number of hydrogen-bond donors (Lipinski definition) is 2. The fourth-order valence-corrected chi connectivity index (χ4v) is 2.41. The maximum atomic E-state index is 13.2. The van der Waals surface area contributed by atoms with Gasteiger partial charge in [0, 0.05) is 18.2 Å². The van der Waals surface area contributed by atoms with Gasteiger partial charge in [-0.1, -0.05) is 6.07 Å². The molecule has 0 aromatic heterocycles. The van der Waals surface area contributed by atoms with Crippen molar-refractivity contribution in [2.45, 2.75) is 13.0 Å². The van der Waals surface area contributed by atoms with Gasteiger partial charge in [-0.3, -0.25) is 0 Å². The maximum Gasteiger partial charge on any atom is 0.211 e. The van der Waals surface area contributed by atoms with E-state index in [0.717, 1.165) is 12.1 Å². The lowest BCUT2D eigenvalue weighted by atomic mass is 10.2. The lowest BCUT2D eigenvalue weighted by Crippen LogP contribution is -2.27. The van der Waals surface area contributed by atoms with Crippen LogP contribution in [0.15, 0.2) is 18.2 Å². The Labute approximate surface area is 105 Å². The summed E-state index contributed by atoms with van der Waals surface area (Å²) in [6, 6.07) is 3.04. The van der Waals surface area contributed by atoms with Crippen LogP contribution in [-0.2, 0) is 16.6 Å². The SMILES string of the molecule is CNCCCS(=O)(=O)NCc1ccc(F)cc1F. The van der Waals surface area contributed by atoms with Gasteiger partial charge in [-0.05, 0) is 26.1 Å². The van der Waals surface area contributed by atoms with Crippen molar-refractivity contribution in [3.8, 4) is 0 Å². The first kappa shape index (κ1) is 15.0. The number of rotatable bonds is 7. The van der Waals surface area contributed by atoms with E-state index in [9.17, 15) is 17.2 Å². The molecule has 0 aliphatic heterocycles. The van der Waals surface area contributed by atoms with Crippen LogP contribution in [0.4, 0.5) is 8.78 Å². The standard InChI is InChI=1S/C11H16F2N2O2S/c1-14-5-2-6-18(16,17)15-8-9-3-4-10(12)7-11(9)13/h3-4,7,14-15H,2,5-6,8H2,1H3. The number of benzene rings is 1. The Balaban J connectivity index is 2.53. The van der Waals surface area contributed by atoms with Crippen molar-refractivity contribution in [1.29, 1.82) is 0 Å². The molecule has 18 heavy (non-hydrogen) atoms. The van der Waals surface area contributed by atoms with E-state index in [2.05, 4.69) is 10.0 Å². The Bertz CT molecular complexity index is 492. The topological polar surface area (TPSA) is 58.2 Å². The van der Waals surface area contributed by atoms with Crippen LogP contribution in [-0.4, -0.2) is 27.8 Å². The molecule has 2 N–H and O–H groups in total. The van der Waals surface area contributed by atoms with Gasteiger partial charge in [0.05, 0.1) is 5.75 Å². The molecule has 0 atom stereocenters. The summed E-state index contributed by atoms with van der Waals surface area (Å²) in [5, 5.41) is 2.84. The smallest absolute Gasteiger partial charge is 0.211 e. The Kier molecular flexibility index (Phi) is 5.64. The summed E-state index contributed by atoms with van der Waals surface area (Å²) in [7, 11) is -1.70. The monoisotopic (exact) mass is 278 g/mol. The zero-order valence-corrected chi connectivity index (χ0v) is 10.9. The van der Waals surface area contributed by atoms with Crippen LogP contribution in [0.25, 0.3) is 0 Å². The highest BCUT2D eigenvalue weighted by molar-refractivity contribution is 7.89. The second-order valence-corrected chi connectivity index (χ2v) is 5.76. The van der Waals surface area contributed by atoms with E-state index in [1.54, 1.807) is 7.05 Å². The second kappa shape index (κ2) is 6.77. The highest BCUT2D eigenvalue weighted by atomic mass is 32.2. The first-order valence-corrected chi connectivity index (χ1v) is 7.16. The fraction of sp³-hybridized carbons (Fsp3) is 0.455. The third-order valence-electron chi connectivity index (χ3n) is 2.34. The molecular formula is C11H16F2N2O2S. The van der Waals surface area contributed by atoms with E-state index in [1.807, 2.05) is 0 Å². The van der Waals surface area contributed by atoms with Crippen LogP contribution in [0.3, 0.4) is 0 Å². The zero-order valence-electron chi connectivity index (χ0n) is 10.0. The van der Waals surface area contributed by atoms with E-state index >= 15 is 0 Å². The molecule has 1 aromatic rings. The van der Waals surface area contributed by atoms with E-state index in [0.29, 0.717) is 13.0 Å². The van der Waals surface area contributed by atoms with Crippen molar-refractivity contribution in [2.75, 3.05) is 19.3 Å². The van der Waals surface area contributed by atoms with Crippen LogP contribution < -0.4 is 10.0 Å². The number of halogens is 2. The summed E-state index contributed by atoms with van der Waals surface area (Å²) >= 11 is 0. The Hall–Kier alpha value is -1.05. The summed E-state index contributed by atoms with van der Waals surface area (Å²) in [6.45, 7) is 0.416. The summed E-state index contributed by atoms with van der Waals surface area (Å²) in [4.78, 5) is 0. The van der Waals surface area contributed by atoms with E-state index < -0.39 is 21.7 Å². The summed E-state index contributed by atoms with van der Waals surface area (Å²) in [5.41, 5.74) is 0.119. The van der Waals surface area contributed by atoms with Gasteiger partial charge in [0.2, 0.25) is 10.0 Å². The largest absolute Gasteiger partial charge is 0.320 e. The molecule has 0 fully saturated rings. The molecule has 4 nitrogen and oxygen atoms in total. The average Bonchev–Trinajstić information content (AvgIpc) is 2.28. The third-order valence-corrected chi connectivity index (χ3v) is 3.75. The predicted molar refractivity (Wildman–Crippen MR) is 65.5 cm³/mol. The molecule has 0 amide bonds. The van der Waals surface area contributed by atoms with Gasteiger partial charge in [-0.2, -0.15) is 0 Å². The van der Waals surface area contributed by atoms with Crippen molar-refractivity contribution in [1.82, 2.24) is 10.0 Å². The fourth-order valence-electron chi connectivity index (χ4n) is 1.36. The van der Waals surface area contributed by atoms with Crippen molar-refractivity contribution in [3.05, 3.63) is 35.4 Å². The Morgan fingerprint density at radius 1 is 1.28 bits per heavy atom. The molecule has 7 heteroatoms. The molecule has 0 aliphatic rings. The maximum absolute atomic E-state index is 13.2. The molecule has 0 saturated heterocycles. The van der Waals surface area contributed by atoms with Gasteiger partial charge >= 0.3 is 0 Å². The third kappa shape index (κ3) is 5.07. The lowest BCUT2D eigenvalue weighted by molar-refractivity contribution is 0.561. The molecule has 0 aliphatic carbocycles. The minimum Gasteiger partial charge on any atom is -0.320 e. The van der Waals surface area contributed by atoms with Gasteiger partial charge in [0.1, 0.15) is 11.6 Å². The summed E-state index contributed by atoms with van der Waals surface area (Å²) in [6.07, 6.45) is 0.470. The van der Waals surface area contributed by atoms with E-state index in [1.165, 1.54) is 6.07 Å². The molecule has 0 spiro atoms. The van der Waals surface area contributed by atoms with Crippen molar-refractivity contribution >= 4 is 10.0 Å². The van der Waals surface area contributed by atoms with E-state index in [-0.39, 0.29) is 17.9 Å². The highest BCUT2D eigenvalue weighted by Crippen LogP contribution is 2.09. The molecule has 1 aromatic carbocycles. The molecule has 0 unspecified atom stereocenters. The van der Waals surface area contributed by atoms with Gasteiger partial charge in [-0.25, -0.2) is 21.9 Å². The molecule has 0 saturated carbocycles. The van der Waals surface area contributed by atoms with Crippen LogP contribution in [0.2, 0.25) is 0 Å². The summed E-state index contributed by atoms with van der Waals surface area (Å²) < 4.78 is 51.2. The number of nitrogens with one attached hydrogen (secondary N) is 2. The van der Waals surface area contributed by atoms with E-state index in [4.69, 9.17) is 0 Å². The molecule has 0 bridgehead atoms. The normalized spacial score (nSPS) is 11.7. The van der Waals surface area contributed by atoms with Crippen LogP contribution in [0.5, 0.6) is 0 Å². The van der Waals surface area contributed by atoms with Crippen molar-refractivity contribution in [2.24, 2.45) is 0 Å². The molecule has 1 rings (SSSR count). The average molecular weight is 278 g/mol. The van der Waals surface area contributed by atoms with Gasteiger partial charge < -0.3 is 5.32 Å². The van der Waals surface area contributed by atoms with Crippen LogP contribution in [0.1, 0.15) is 12.0 Å². The van der Waals surface area contributed by atoms with Crippen molar-refractivity contribution in [3.63, 3.8) is 0 Å². The number of sulfonamides is 1. The van der Waals surface area contributed by atoms with Crippen LogP contribution in [0, 0.1) is 11.6 Å². The van der Waals surface area contributed by atoms with Crippen molar-refractivity contribution < 1.29 is 17.2 Å². The zero-order chi connectivity index (χ0) is 13.6. The highest BCUT2D eigenvalue weighted by Gasteiger charge is 2.11. The quantitative estimate of drug-likeness (QED) is 0.731. The van der Waals surface area contributed by atoms with Gasteiger partial charge in [0.15, 0.2) is 0 Å². The molecule has 102 valence electrons. The molecular weight excluding hydrogens is 262 g/mol. The van der Waals surface area contributed by atoms with Crippen LogP contribution >= 0.6 is 0 Å².